The molecule has 0 radical (unpaired) electrons. The van der Waals surface area contributed by atoms with Crippen molar-refractivity contribution in [3.8, 4) is 0 Å². The molecule has 1 N–H and O–H groups in total. The van der Waals surface area contributed by atoms with Gasteiger partial charge < -0.3 is 9.84 Å². The fraction of sp³-hybridized carbons (Fsp3) is 0.500. The minimum absolute atomic E-state index is 0.459. The molecule has 1 fully saturated rings. The van der Waals surface area contributed by atoms with Gasteiger partial charge in [-0.3, -0.25) is 0 Å². The van der Waals surface area contributed by atoms with Crippen LogP contribution in [0.25, 0.3) is 11.1 Å². The van der Waals surface area contributed by atoms with Gasteiger partial charge in [-0.15, -0.1) is 0 Å². The summed E-state index contributed by atoms with van der Waals surface area (Å²) in [5.74, 6) is 1.35. The lowest BCUT2D eigenvalue weighted by molar-refractivity contribution is 0.430. The van der Waals surface area contributed by atoms with Gasteiger partial charge in [0.1, 0.15) is 5.82 Å². The van der Waals surface area contributed by atoms with E-state index in [1.807, 2.05) is 0 Å². The standard InChI is InChI=1S/C10H12N4O/c1-3-11-4-2-7(1)9-12-5-8-6-13-15-10(8)14-9/h5-7,11H,1-4H2. The van der Waals surface area contributed by atoms with E-state index in [2.05, 4.69) is 20.4 Å². The highest BCUT2D eigenvalue weighted by molar-refractivity contribution is 5.70. The molecular weight excluding hydrogens is 192 g/mol. The van der Waals surface area contributed by atoms with Gasteiger partial charge in [-0.2, -0.15) is 4.98 Å². The fourth-order valence-corrected chi connectivity index (χ4v) is 1.96. The van der Waals surface area contributed by atoms with Gasteiger partial charge in [0.15, 0.2) is 0 Å². The largest absolute Gasteiger partial charge is 0.336 e. The Bertz CT molecular complexity index is 461. The highest BCUT2D eigenvalue weighted by Gasteiger charge is 2.18. The zero-order valence-electron chi connectivity index (χ0n) is 8.31. The van der Waals surface area contributed by atoms with Crippen molar-refractivity contribution in [1.82, 2.24) is 20.4 Å². The van der Waals surface area contributed by atoms with E-state index >= 15 is 0 Å². The van der Waals surface area contributed by atoms with Crippen LogP contribution in [0.4, 0.5) is 0 Å². The van der Waals surface area contributed by atoms with Crippen LogP contribution in [0.5, 0.6) is 0 Å². The van der Waals surface area contributed by atoms with Crippen LogP contribution in [0.3, 0.4) is 0 Å². The van der Waals surface area contributed by atoms with Crippen LogP contribution < -0.4 is 5.32 Å². The molecule has 2 aromatic heterocycles. The third kappa shape index (κ3) is 1.59. The van der Waals surface area contributed by atoms with E-state index in [4.69, 9.17) is 4.52 Å². The van der Waals surface area contributed by atoms with Crippen molar-refractivity contribution in [1.29, 1.82) is 0 Å². The predicted molar refractivity (Wildman–Crippen MR) is 54.4 cm³/mol. The summed E-state index contributed by atoms with van der Waals surface area (Å²) in [6.07, 6.45) is 5.62. The quantitative estimate of drug-likeness (QED) is 0.753. The van der Waals surface area contributed by atoms with Gasteiger partial charge in [-0.1, -0.05) is 5.16 Å². The normalized spacial score (nSPS) is 18.4. The number of hydrogen-bond acceptors (Lipinski definition) is 5. The zero-order chi connectivity index (χ0) is 10.1. The van der Waals surface area contributed by atoms with E-state index in [-0.39, 0.29) is 0 Å². The zero-order valence-corrected chi connectivity index (χ0v) is 8.31. The Kier molecular flexibility index (Phi) is 2.10. The summed E-state index contributed by atoms with van der Waals surface area (Å²) >= 11 is 0. The summed E-state index contributed by atoms with van der Waals surface area (Å²) in [6, 6.07) is 0. The van der Waals surface area contributed by atoms with Crippen LogP contribution in [0.15, 0.2) is 16.9 Å². The molecule has 0 bridgehead atoms. The number of nitrogens with one attached hydrogen (secondary N) is 1. The maximum absolute atomic E-state index is 5.03. The van der Waals surface area contributed by atoms with E-state index in [1.165, 1.54) is 0 Å². The Balaban J connectivity index is 1.95. The first-order chi connectivity index (χ1) is 7.43. The van der Waals surface area contributed by atoms with Crippen LogP contribution in [0, 0.1) is 0 Å². The summed E-state index contributed by atoms with van der Waals surface area (Å²) in [4.78, 5) is 8.75. The highest BCUT2D eigenvalue weighted by atomic mass is 16.5. The minimum atomic E-state index is 0.459. The number of piperidine rings is 1. The fourth-order valence-electron chi connectivity index (χ4n) is 1.96. The second kappa shape index (κ2) is 3.58. The van der Waals surface area contributed by atoms with Crippen LogP contribution in [-0.2, 0) is 0 Å². The molecule has 2 aromatic rings. The van der Waals surface area contributed by atoms with Gasteiger partial charge in [-0.25, -0.2) is 4.98 Å². The molecule has 0 saturated carbocycles. The molecule has 0 aliphatic carbocycles. The summed E-state index contributed by atoms with van der Waals surface area (Å²) < 4.78 is 5.03. The monoisotopic (exact) mass is 204 g/mol. The number of rotatable bonds is 1. The lowest BCUT2D eigenvalue weighted by Crippen LogP contribution is -2.27. The average molecular weight is 204 g/mol. The van der Waals surface area contributed by atoms with Gasteiger partial charge in [-0.05, 0) is 25.9 Å². The van der Waals surface area contributed by atoms with E-state index < -0.39 is 0 Å². The highest BCUT2D eigenvalue weighted by Crippen LogP contribution is 2.23. The molecule has 1 aliphatic heterocycles. The molecule has 0 spiro atoms. The van der Waals surface area contributed by atoms with Gasteiger partial charge in [0.05, 0.1) is 11.6 Å². The first-order valence-electron chi connectivity index (χ1n) is 5.21. The Morgan fingerprint density at radius 2 is 2.13 bits per heavy atom. The molecule has 3 heterocycles. The number of hydrogen-bond donors (Lipinski definition) is 1. The van der Waals surface area contributed by atoms with Gasteiger partial charge in [0.25, 0.3) is 5.71 Å². The topological polar surface area (TPSA) is 63.8 Å². The van der Waals surface area contributed by atoms with Crippen molar-refractivity contribution in [2.24, 2.45) is 0 Å². The molecule has 0 unspecified atom stereocenters. The maximum Gasteiger partial charge on any atom is 0.260 e. The van der Waals surface area contributed by atoms with Gasteiger partial charge >= 0.3 is 0 Å². The first kappa shape index (κ1) is 8.79. The molecule has 78 valence electrons. The van der Waals surface area contributed by atoms with Crippen molar-refractivity contribution in [3.05, 3.63) is 18.2 Å². The summed E-state index contributed by atoms with van der Waals surface area (Å²) in [6.45, 7) is 2.09. The Morgan fingerprint density at radius 1 is 1.27 bits per heavy atom. The Morgan fingerprint density at radius 3 is 3.00 bits per heavy atom. The molecular formula is C10H12N4O. The summed E-state index contributed by atoms with van der Waals surface area (Å²) in [7, 11) is 0. The second-order valence-electron chi connectivity index (χ2n) is 3.84. The molecule has 5 heteroatoms. The molecule has 0 amide bonds. The molecule has 5 nitrogen and oxygen atoms in total. The maximum atomic E-state index is 5.03. The van der Waals surface area contributed by atoms with Crippen molar-refractivity contribution >= 4 is 11.1 Å². The van der Waals surface area contributed by atoms with Crippen molar-refractivity contribution < 1.29 is 4.52 Å². The lowest BCUT2D eigenvalue weighted by Gasteiger charge is -2.20. The van der Waals surface area contributed by atoms with Crippen LogP contribution >= 0.6 is 0 Å². The van der Waals surface area contributed by atoms with E-state index in [9.17, 15) is 0 Å². The van der Waals surface area contributed by atoms with Crippen molar-refractivity contribution in [2.75, 3.05) is 13.1 Å². The number of fused-ring (bicyclic) bond motifs is 1. The van der Waals surface area contributed by atoms with Gasteiger partial charge in [0, 0.05) is 12.1 Å². The molecule has 0 atom stereocenters. The minimum Gasteiger partial charge on any atom is -0.336 e. The van der Waals surface area contributed by atoms with Gasteiger partial charge in [0.2, 0.25) is 0 Å². The predicted octanol–water partition coefficient (Wildman–Crippen LogP) is 1.08. The van der Waals surface area contributed by atoms with E-state index in [0.29, 0.717) is 11.6 Å². The smallest absolute Gasteiger partial charge is 0.260 e. The van der Waals surface area contributed by atoms with Crippen LogP contribution in [0.1, 0.15) is 24.6 Å². The lowest BCUT2D eigenvalue weighted by atomic mass is 9.97. The molecule has 1 saturated heterocycles. The molecule has 1 aliphatic rings. The Hall–Kier alpha value is -1.49. The third-order valence-electron chi connectivity index (χ3n) is 2.83. The average Bonchev–Trinajstić information content (AvgIpc) is 2.77. The first-order valence-corrected chi connectivity index (χ1v) is 5.21. The third-order valence-corrected chi connectivity index (χ3v) is 2.83. The number of nitrogens with zero attached hydrogens (tertiary/aromatic N) is 3. The second-order valence-corrected chi connectivity index (χ2v) is 3.84. The van der Waals surface area contributed by atoms with Crippen LogP contribution in [-0.4, -0.2) is 28.2 Å². The molecule has 0 aromatic carbocycles. The van der Waals surface area contributed by atoms with Crippen molar-refractivity contribution in [3.63, 3.8) is 0 Å². The SMILES string of the molecule is c1noc2nc(C3CCNCC3)ncc12. The number of aromatic nitrogens is 3. The summed E-state index contributed by atoms with van der Waals surface area (Å²) in [5.41, 5.74) is 0.596. The molecule has 3 rings (SSSR count). The Labute approximate surface area is 86.9 Å². The van der Waals surface area contributed by atoms with Crippen molar-refractivity contribution in [2.45, 2.75) is 18.8 Å². The van der Waals surface area contributed by atoms with Crippen LogP contribution in [0.2, 0.25) is 0 Å². The van der Waals surface area contributed by atoms with E-state index in [0.717, 1.165) is 37.1 Å². The summed E-state index contributed by atoms with van der Waals surface area (Å²) in [5, 5.41) is 7.89. The molecule has 15 heavy (non-hydrogen) atoms. The van der Waals surface area contributed by atoms with E-state index in [1.54, 1.807) is 12.4 Å².